The Kier molecular flexibility index (Phi) is 8.60. The van der Waals surface area contributed by atoms with Gasteiger partial charge in [-0.2, -0.15) is 0 Å². The molecule has 5 aromatic carbocycles. The lowest BCUT2D eigenvalue weighted by Gasteiger charge is -2.34. The minimum Gasteiger partial charge on any atom is -0.378 e. The molecular formula is C37H35N2O2P. The van der Waals surface area contributed by atoms with Crippen LogP contribution in [-0.4, -0.2) is 20.3 Å². The zero-order valence-electron chi connectivity index (χ0n) is 23.4. The van der Waals surface area contributed by atoms with Crippen LogP contribution in [0.2, 0.25) is 0 Å². The highest BCUT2D eigenvalue weighted by Crippen LogP contribution is 2.72. The van der Waals surface area contributed by atoms with Crippen molar-refractivity contribution in [3.05, 3.63) is 186 Å². The SMILES string of the molecule is O=P1(C(O)C=Cc2ccccc2)N(Cc2ccccc2)[C@H](c2ccccc2)[C@@H](c2ccccc2)N1Cc1ccccc1. The molecule has 1 N–H and O–H groups in total. The first-order valence-electron chi connectivity index (χ1n) is 14.4. The van der Waals surface area contributed by atoms with Gasteiger partial charge in [0, 0.05) is 13.1 Å². The van der Waals surface area contributed by atoms with Crippen molar-refractivity contribution in [3.8, 4) is 0 Å². The van der Waals surface area contributed by atoms with Crippen LogP contribution in [-0.2, 0) is 17.7 Å². The maximum absolute atomic E-state index is 15.9. The highest BCUT2D eigenvalue weighted by Gasteiger charge is 2.58. The molecule has 0 spiro atoms. The molecule has 1 aliphatic rings. The van der Waals surface area contributed by atoms with Gasteiger partial charge in [-0.25, -0.2) is 9.34 Å². The summed E-state index contributed by atoms with van der Waals surface area (Å²) in [5.74, 6) is -1.22. The summed E-state index contributed by atoms with van der Waals surface area (Å²) in [6.07, 6.45) is 3.58. The maximum atomic E-state index is 15.9. The summed E-state index contributed by atoms with van der Waals surface area (Å²) >= 11 is 0. The summed E-state index contributed by atoms with van der Waals surface area (Å²) in [7, 11) is -3.66. The summed E-state index contributed by atoms with van der Waals surface area (Å²) in [6, 6.07) is 50.2. The van der Waals surface area contributed by atoms with E-state index in [4.69, 9.17) is 0 Å². The third-order valence-corrected chi connectivity index (χ3v) is 11.1. The van der Waals surface area contributed by atoms with E-state index in [0.29, 0.717) is 13.1 Å². The van der Waals surface area contributed by atoms with E-state index < -0.39 is 13.3 Å². The van der Waals surface area contributed by atoms with Crippen molar-refractivity contribution in [2.45, 2.75) is 31.0 Å². The van der Waals surface area contributed by atoms with E-state index in [2.05, 4.69) is 57.9 Å². The van der Waals surface area contributed by atoms with Crippen molar-refractivity contribution in [1.82, 2.24) is 9.34 Å². The molecule has 1 aliphatic heterocycles. The van der Waals surface area contributed by atoms with Crippen molar-refractivity contribution in [2.24, 2.45) is 0 Å². The molecule has 0 aliphatic carbocycles. The lowest BCUT2D eigenvalue weighted by molar-refractivity contribution is 0.260. The first kappa shape index (κ1) is 28.1. The predicted molar refractivity (Wildman–Crippen MR) is 171 cm³/mol. The van der Waals surface area contributed by atoms with Gasteiger partial charge in [0.15, 0.2) is 5.85 Å². The molecule has 0 bridgehead atoms. The van der Waals surface area contributed by atoms with E-state index in [1.807, 2.05) is 109 Å². The first-order chi connectivity index (χ1) is 20.6. The van der Waals surface area contributed by atoms with Gasteiger partial charge in [-0.1, -0.05) is 158 Å². The standard InChI is InChI=1S/C37H35N2O2P/c40-35(27-26-30-16-6-1-7-17-30)42(41)38(28-31-18-8-2-9-19-31)36(33-22-12-4-13-23-33)37(34-24-14-5-15-25-34)39(42)29-32-20-10-3-11-21-32/h1-27,35-37,40H,28-29H2/t35?,36-,37-/m1/s1. The summed E-state index contributed by atoms with van der Waals surface area (Å²) in [5, 5.41) is 12.1. The van der Waals surface area contributed by atoms with E-state index in [9.17, 15) is 5.11 Å². The second-order valence-corrected chi connectivity index (χ2v) is 13.4. The molecule has 4 nitrogen and oxygen atoms in total. The van der Waals surface area contributed by atoms with Crippen molar-refractivity contribution in [3.63, 3.8) is 0 Å². The van der Waals surface area contributed by atoms with Gasteiger partial charge >= 0.3 is 0 Å². The fourth-order valence-electron chi connectivity index (χ4n) is 5.96. The quantitative estimate of drug-likeness (QED) is 0.180. The minimum absolute atomic E-state index is 0.261. The number of hydrogen-bond donors (Lipinski definition) is 1. The van der Waals surface area contributed by atoms with Gasteiger partial charge in [-0.15, -0.1) is 0 Å². The molecule has 6 rings (SSSR count). The molecule has 5 heteroatoms. The van der Waals surface area contributed by atoms with Crippen LogP contribution in [0.1, 0.15) is 39.9 Å². The number of rotatable bonds is 9. The summed E-state index contributed by atoms with van der Waals surface area (Å²) < 4.78 is 20.1. The first-order valence-corrected chi connectivity index (χ1v) is 16.1. The van der Waals surface area contributed by atoms with Gasteiger partial charge in [0.1, 0.15) is 0 Å². The Balaban J connectivity index is 1.56. The number of hydrogen-bond acceptors (Lipinski definition) is 2. The number of nitrogens with zero attached hydrogens (tertiary/aromatic N) is 2. The Labute approximate surface area is 248 Å². The minimum atomic E-state index is -3.66. The zero-order valence-corrected chi connectivity index (χ0v) is 24.3. The lowest BCUT2D eigenvalue weighted by atomic mass is 9.92. The lowest BCUT2D eigenvalue weighted by Crippen LogP contribution is -2.27. The third-order valence-electron chi connectivity index (χ3n) is 7.94. The highest BCUT2D eigenvalue weighted by atomic mass is 31.2. The smallest absolute Gasteiger partial charge is 0.249 e. The highest BCUT2D eigenvalue weighted by molar-refractivity contribution is 7.60. The molecule has 3 atom stereocenters. The molecule has 0 saturated carbocycles. The predicted octanol–water partition coefficient (Wildman–Crippen LogP) is 8.71. The van der Waals surface area contributed by atoms with Crippen LogP contribution in [0, 0.1) is 0 Å². The molecule has 1 heterocycles. The van der Waals surface area contributed by atoms with E-state index in [1.54, 1.807) is 6.08 Å². The monoisotopic (exact) mass is 570 g/mol. The second kappa shape index (κ2) is 12.9. The maximum Gasteiger partial charge on any atom is 0.249 e. The van der Waals surface area contributed by atoms with Gasteiger partial charge in [0.25, 0.3) is 0 Å². The van der Waals surface area contributed by atoms with Gasteiger partial charge in [-0.05, 0) is 33.9 Å². The van der Waals surface area contributed by atoms with Gasteiger partial charge < -0.3 is 5.11 Å². The van der Waals surface area contributed by atoms with Crippen LogP contribution in [0.4, 0.5) is 0 Å². The van der Waals surface area contributed by atoms with Crippen LogP contribution in [0.5, 0.6) is 0 Å². The fourth-order valence-corrected chi connectivity index (χ4v) is 9.13. The number of benzene rings is 5. The van der Waals surface area contributed by atoms with Gasteiger partial charge in [-0.3, -0.25) is 4.57 Å². The summed E-state index contributed by atoms with van der Waals surface area (Å²) in [5.41, 5.74) is 5.18. The van der Waals surface area contributed by atoms with E-state index in [0.717, 1.165) is 27.8 Å². The summed E-state index contributed by atoms with van der Waals surface area (Å²) in [4.78, 5) is 0. The average molecular weight is 571 g/mol. The van der Waals surface area contributed by atoms with Crippen molar-refractivity contribution in [1.29, 1.82) is 0 Å². The largest absolute Gasteiger partial charge is 0.378 e. The molecule has 42 heavy (non-hydrogen) atoms. The molecule has 0 aromatic heterocycles. The van der Waals surface area contributed by atoms with Crippen LogP contribution in [0.15, 0.2) is 158 Å². The topological polar surface area (TPSA) is 43.8 Å². The van der Waals surface area contributed by atoms with E-state index >= 15 is 4.57 Å². The van der Waals surface area contributed by atoms with Crippen molar-refractivity contribution in [2.75, 3.05) is 0 Å². The Hall–Kier alpha value is -4.05. The van der Waals surface area contributed by atoms with Gasteiger partial charge in [0.2, 0.25) is 7.44 Å². The molecule has 1 fully saturated rings. The Morgan fingerprint density at radius 2 is 0.929 bits per heavy atom. The molecule has 1 unspecified atom stereocenters. The average Bonchev–Trinajstić information content (AvgIpc) is 3.30. The number of aliphatic hydroxyl groups is 1. The molecule has 0 amide bonds. The van der Waals surface area contributed by atoms with Crippen molar-refractivity contribution < 1.29 is 9.67 Å². The third kappa shape index (κ3) is 5.81. The number of aliphatic hydroxyl groups excluding tert-OH is 1. The van der Waals surface area contributed by atoms with E-state index in [-0.39, 0.29) is 12.1 Å². The Morgan fingerprint density at radius 1 is 0.571 bits per heavy atom. The van der Waals surface area contributed by atoms with Crippen molar-refractivity contribution >= 4 is 13.5 Å². The molecular weight excluding hydrogens is 535 g/mol. The molecule has 1 saturated heterocycles. The summed E-state index contributed by atoms with van der Waals surface area (Å²) in [6.45, 7) is 0.866. The Bertz CT molecular complexity index is 1540. The van der Waals surface area contributed by atoms with Crippen LogP contribution in [0.3, 0.4) is 0 Å². The normalized spacial score (nSPS) is 19.6. The Morgan fingerprint density at radius 3 is 1.33 bits per heavy atom. The van der Waals surface area contributed by atoms with E-state index in [1.165, 1.54) is 0 Å². The molecule has 0 radical (unpaired) electrons. The molecule has 5 aromatic rings. The van der Waals surface area contributed by atoms with Crippen LogP contribution >= 0.6 is 7.44 Å². The zero-order chi connectivity index (χ0) is 28.8. The molecule has 210 valence electrons. The fraction of sp³-hybridized carbons (Fsp3) is 0.135. The van der Waals surface area contributed by atoms with Crippen LogP contribution < -0.4 is 0 Å². The van der Waals surface area contributed by atoms with Crippen LogP contribution in [0.25, 0.3) is 6.08 Å². The van der Waals surface area contributed by atoms with Gasteiger partial charge in [0.05, 0.1) is 12.1 Å². The second-order valence-electron chi connectivity index (χ2n) is 10.6.